The second kappa shape index (κ2) is 6.27. The summed E-state index contributed by atoms with van der Waals surface area (Å²) in [6.45, 7) is 4.77. The first-order valence-corrected chi connectivity index (χ1v) is 7.21. The van der Waals surface area contributed by atoms with Crippen LogP contribution in [0.25, 0.3) is 0 Å². The molecule has 0 radical (unpaired) electrons. The van der Waals surface area contributed by atoms with E-state index in [0.717, 1.165) is 38.0 Å². The third kappa shape index (κ3) is 3.31. The normalized spacial score (nSPS) is 17.1. The fourth-order valence-electron chi connectivity index (χ4n) is 2.75. The number of rotatable bonds is 3. The van der Waals surface area contributed by atoms with Crippen LogP contribution in [0.2, 0.25) is 0 Å². The van der Waals surface area contributed by atoms with Crippen LogP contribution in [-0.4, -0.2) is 54.5 Å². The lowest BCUT2D eigenvalue weighted by Gasteiger charge is -2.31. The SMILES string of the molecule is Cc1cccc(C(=O)N(C)CC2CCN(C)CC2)c1O. The van der Waals surface area contributed by atoms with Gasteiger partial charge in [0, 0.05) is 13.6 Å². The number of phenols is 1. The summed E-state index contributed by atoms with van der Waals surface area (Å²) in [5.74, 6) is 0.574. The van der Waals surface area contributed by atoms with E-state index in [1.807, 2.05) is 26.1 Å². The highest BCUT2D eigenvalue weighted by Crippen LogP contribution is 2.24. The minimum atomic E-state index is -0.0925. The Morgan fingerprint density at radius 3 is 2.70 bits per heavy atom. The van der Waals surface area contributed by atoms with Gasteiger partial charge in [-0.1, -0.05) is 12.1 Å². The summed E-state index contributed by atoms with van der Waals surface area (Å²) in [6, 6.07) is 5.31. The molecule has 1 fully saturated rings. The van der Waals surface area contributed by atoms with Crippen LogP contribution in [0.1, 0.15) is 28.8 Å². The van der Waals surface area contributed by atoms with E-state index in [2.05, 4.69) is 11.9 Å². The molecule has 2 rings (SSSR count). The van der Waals surface area contributed by atoms with Gasteiger partial charge in [0.2, 0.25) is 0 Å². The molecule has 20 heavy (non-hydrogen) atoms. The molecule has 1 aliphatic rings. The van der Waals surface area contributed by atoms with E-state index in [1.165, 1.54) is 0 Å². The molecular formula is C16H24N2O2. The standard InChI is InChI=1S/C16H24N2O2/c1-12-5-4-6-14(15(12)19)16(20)18(3)11-13-7-9-17(2)10-8-13/h4-6,13,19H,7-11H2,1-3H3. The van der Waals surface area contributed by atoms with Crippen molar-refractivity contribution in [3.8, 4) is 5.75 Å². The van der Waals surface area contributed by atoms with Gasteiger partial charge in [0.1, 0.15) is 5.75 Å². The summed E-state index contributed by atoms with van der Waals surface area (Å²) in [4.78, 5) is 16.5. The van der Waals surface area contributed by atoms with Crippen LogP contribution in [0.3, 0.4) is 0 Å². The molecule has 4 heteroatoms. The summed E-state index contributed by atoms with van der Waals surface area (Å²) >= 11 is 0. The summed E-state index contributed by atoms with van der Waals surface area (Å²) < 4.78 is 0. The van der Waals surface area contributed by atoms with E-state index < -0.39 is 0 Å². The minimum Gasteiger partial charge on any atom is -0.507 e. The first kappa shape index (κ1) is 14.9. The highest BCUT2D eigenvalue weighted by atomic mass is 16.3. The highest BCUT2D eigenvalue weighted by molar-refractivity contribution is 5.97. The molecule has 1 aromatic rings. The maximum atomic E-state index is 12.4. The number of amides is 1. The maximum absolute atomic E-state index is 12.4. The number of benzene rings is 1. The number of hydrogen-bond acceptors (Lipinski definition) is 3. The molecule has 0 aromatic heterocycles. The van der Waals surface area contributed by atoms with Crippen molar-refractivity contribution in [2.24, 2.45) is 5.92 Å². The third-order valence-corrected chi connectivity index (χ3v) is 4.19. The smallest absolute Gasteiger partial charge is 0.257 e. The van der Waals surface area contributed by atoms with Gasteiger partial charge >= 0.3 is 0 Å². The number of hydrogen-bond donors (Lipinski definition) is 1. The first-order chi connectivity index (χ1) is 9.49. The number of carbonyl (C=O) groups excluding carboxylic acids is 1. The number of aryl methyl sites for hydroxylation is 1. The lowest BCUT2D eigenvalue weighted by atomic mass is 9.96. The van der Waals surface area contributed by atoms with Gasteiger partial charge in [0.25, 0.3) is 5.91 Å². The van der Waals surface area contributed by atoms with Crippen molar-refractivity contribution in [1.82, 2.24) is 9.80 Å². The average molecular weight is 276 g/mol. The van der Waals surface area contributed by atoms with Crippen molar-refractivity contribution in [3.63, 3.8) is 0 Å². The van der Waals surface area contributed by atoms with Gasteiger partial charge < -0.3 is 14.9 Å². The van der Waals surface area contributed by atoms with Crippen LogP contribution in [0.4, 0.5) is 0 Å². The van der Waals surface area contributed by atoms with Crippen molar-refractivity contribution in [3.05, 3.63) is 29.3 Å². The fraction of sp³-hybridized carbons (Fsp3) is 0.562. The van der Waals surface area contributed by atoms with Crippen LogP contribution in [0, 0.1) is 12.8 Å². The predicted octanol–water partition coefficient (Wildman–Crippen LogP) is 2.11. The molecule has 1 saturated heterocycles. The van der Waals surface area contributed by atoms with Crippen LogP contribution in [-0.2, 0) is 0 Å². The molecule has 110 valence electrons. The average Bonchev–Trinajstić information content (AvgIpc) is 2.43. The summed E-state index contributed by atoms with van der Waals surface area (Å²) in [5, 5.41) is 10.0. The zero-order valence-corrected chi connectivity index (χ0v) is 12.6. The van der Waals surface area contributed by atoms with Gasteiger partial charge in [-0.15, -0.1) is 0 Å². The largest absolute Gasteiger partial charge is 0.507 e. The molecule has 1 aliphatic heterocycles. The van der Waals surface area contributed by atoms with Gasteiger partial charge in [-0.2, -0.15) is 0 Å². The second-order valence-corrected chi connectivity index (χ2v) is 5.90. The number of likely N-dealkylation sites (tertiary alicyclic amines) is 1. The number of carbonyl (C=O) groups is 1. The second-order valence-electron chi connectivity index (χ2n) is 5.90. The van der Waals surface area contributed by atoms with Gasteiger partial charge in [-0.05, 0) is 57.5 Å². The lowest BCUT2D eigenvalue weighted by Crippen LogP contribution is -2.38. The molecular weight excluding hydrogens is 252 g/mol. The molecule has 1 aromatic carbocycles. The maximum Gasteiger partial charge on any atom is 0.257 e. The van der Waals surface area contributed by atoms with Crippen LogP contribution in [0.15, 0.2) is 18.2 Å². The Morgan fingerprint density at radius 2 is 2.05 bits per heavy atom. The van der Waals surface area contributed by atoms with Crippen molar-refractivity contribution in [2.75, 3.05) is 33.7 Å². The molecule has 0 saturated carbocycles. The Morgan fingerprint density at radius 1 is 1.40 bits per heavy atom. The van der Waals surface area contributed by atoms with E-state index in [1.54, 1.807) is 11.0 Å². The number of aromatic hydroxyl groups is 1. The van der Waals surface area contributed by atoms with Crippen molar-refractivity contribution in [1.29, 1.82) is 0 Å². The van der Waals surface area contributed by atoms with Crippen LogP contribution < -0.4 is 0 Å². The minimum absolute atomic E-state index is 0.0925. The molecule has 0 bridgehead atoms. The fourth-order valence-corrected chi connectivity index (χ4v) is 2.75. The molecule has 0 atom stereocenters. The molecule has 1 N–H and O–H groups in total. The van der Waals surface area contributed by atoms with E-state index in [-0.39, 0.29) is 11.7 Å². The number of para-hydroxylation sites is 1. The summed E-state index contributed by atoms with van der Waals surface area (Å²) in [6.07, 6.45) is 2.27. The Labute approximate surface area is 121 Å². The zero-order valence-electron chi connectivity index (χ0n) is 12.6. The third-order valence-electron chi connectivity index (χ3n) is 4.19. The van der Waals surface area contributed by atoms with E-state index >= 15 is 0 Å². The number of nitrogens with zero attached hydrogens (tertiary/aromatic N) is 2. The van der Waals surface area contributed by atoms with Gasteiger partial charge in [-0.25, -0.2) is 0 Å². The van der Waals surface area contributed by atoms with Gasteiger partial charge in [0.05, 0.1) is 5.56 Å². The van der Waals surface area contributed by atoms with Crippen molar-refractivity contribution in [2.45, 2.75) is 19.8 Å². The van der Waals surface area contributed by atoms with E-state index in [9.17, 15) is 9.90 Å². The Bertz CT molecular complexity index is 479. The molecule has 1 amide bonds. The van der Waals surface area contributed by atoms with E-state index in [4.69, 9.17) is 0 Å². The zero-order chi connectivity index (χ0) is 14.7. The van der Waals surface area contributed by atoms with Gasteiger partial charge in [-0.3, -0.25) is 4.79 Å². The quantitative estimate of drug-likeness (QED) is 0.919. The van der Waals surface area contributed by atoms with Crippen LogP contribution in [0.5, 0.6) is 5.75 Å². The Hall–Kier alpha value is -1.55. The van der Waals surface area contributed by atoms with Crippen LogP contribution >= 0.6 is 0 Å². The monoisotopic (exact) mass is 276 g/mol. The molecule has 1 heterocycles. The molecule has 0 spiro atoms. The lowest BCUT2D eigenvalue weighted by molar-refractivity contribution is 0.0744. The summed E-state index contributed by atoms with van der Waals surface area (Å²) in [5.41, 5.74) is 1.14. The van der Waals surface area contributed by atoms with Crippen molar-refractivity contribution >= 4 is 5.91 Å². The Kier molecular flexibility index (Phi) is 4.65. The van der Waals surface area contributed by atoms with Gasteiger partial charge in [0.15, 0.2) is 0 Å². The van der Waals surface area contributed by atoms with Crippen molar-refractivity contribution < 1.29 is 9.90 Å². The topological polar surface area (TPSA) is 43.8 Å². The summed E-state index contributed by atoms with van der Waals surface area (Å²) in [7, 11) is 3.96. The molecule has 4 nitrogen and oxygen atoms in total. The number of piperidine rings is 1. The Balaban J connectivity index is 2.00. The first-order valence-electron chi connectivity index (χ1n) is 7.21. The molecule has 0 unspecified atom stereocenters. The molecule has 0 aliphatic carbocycles. The number of phenolic OH excluding ortho intramolecular Hbond substituents is 1. The van der Waals surface area contributed by atoms with E-state index in [0.29, 0.717) is 11.5 Å². The predicted molar refractivity (Wildman–Crippen MR) is 80.0 cm³/mol. The highest BCUT2D eigenvalue weighted by Gasteiger charge is 2.22.